The fraction of sp³-hybridized carbons (Fsp3) is 0.429. The Morgan fingerprint density at radius 1 is 1.32 bits per heavy atom. The second-order valence-electron chi connectivity index (χ2n) is 5.76. The number of aromatic nitrogens is 2. The molecule has 2 rings (SSSR count). The highest BCUT2D eigenvalue weighted by atomic mass is 79.9. The lowest BCUT2D eigenvalue weighted by atomic mass is 9.87. The normalized spacial score (nSPS) is 13.6. The molecular weight excluding hydrogens is 306 g/mol. The molecule has 1 aromatic carbocycles. The Hall–Kier alpha value is -1.20. The molecule has 1 atom stereocenters. The molecule has 2 N–H and O–H groups in total. The molecule has 1 heterocycles. The largest absolute Gasteiger partial charge is 0.334 e. The minimum absolute atomic E-state index is 0.104. The molecule has 1 unspecified atom stereocenters. The van der Waals surface area contributed by atoms with Crippen LogP contribution in [0, 0.1) is 12.3 Å². The molecule has 19 heavy (non-hydrogen) atoms. The maximum atomic E-state index is 6.14. The van der Waals surface area contributed by atoms with Crippen LogP contribution in [0.25, 0.3) is 11.5 Å². The van der Waals surface area contributed by atoms with E-state index in [1.165, 1.54) is 0 Å². The first-order valence-electron chi connectivity index (χ1n) is 6.15. The lowest BCUT2D eigenvalue weighted by Gasteiger charge is -2.23. The van der Waals surface area contributed by atoms with Gasteiger partial charge in [-0.25, -0.2) is 0 Å². The Bertz CT molecular complexity index is 587. The van der Waals surface area contributed by atoms with Crippen LogP contribution < -0.4 is 5.73 Å². The number of aryl methyl sites for hydroxylation is 1. The van der Waals surface area contributed by atoms with Crippen LogP contribution in [-0.2, 0) is 0 Å². The molecule has 0 saturated heterocycles. The zero-order chi connectivity index (χ0) is 14.2. The molecule has 0 spiro atoms. The Kier molecular flexibility index (Phi) is 3.78. The predicted octanol–water partition coefficient (Wildman–Crippen LogP) is 3.85. The molecule has 102 valence electrons. The van der Waals surface area contributed by atoms with Crippen molar-refractivity contribution in [3.05, 3.63) is 34.1 Å². The van der Waals surface area contributed by atoms with Crippen LogP contribution in [0.15, 0.2) is 27.2 Å². The van der Waals surface area contributed by atoms with Crippen molar-refractivity contribution in [2.45, 2.75) is 33.7 Å². The van der Waals surface area contributed by atoms with E-state index in [9.17, 15) is 0 Å². The summed E-state index contributed by atoms with van der Waals surface area (Å²) in [5, 5.41) is 4.00. The van der Waals surface area contributed by atoms with Gasteiger partial charge >= 0.3 is 0 Å². The van der Waals surface area contributed by atoms with Gasteiger partial charge in [-0.05, 0) is 30.0 Å². The highest BCUT2D eigenvalue weighted by Gasteiger charge is 2.27. The standard InChI is InChI=1S/C14H18BrN3O/c1-8-5-6-9(15)7-10(8)13-17-12(18-19-13)11(16)14(2,3)4/h5-7,11H,16H2,1-4H3. The van der Waals surface area contributed by atoms with Crippen molar-refractivity contribution in [2.75, 3.05) is 0 Å². The van der Waals surface area contributed by atoms with E-state index in [0.717, 1.165) is 15.6 Å². The number of hydrogen-bond acceptors (Lipinski definition) is 4. The van der Waals surface area contributed by atoms with Crippen molar-refractivity contribution in [2.24, 2.45) is 11.1 Å². The molecule has 0 radical (unpaired) electrons. The number of halogens is 1. The van der Waals surface area contributed by atoms with E-state index >= 15 is 0 Å². The molecule has 0 fully saturated rings. The second kappa shape index (κ2) is 5.06. The first-order valence-corrected chi connectivity index (χ1v) is 6.94. The maximum Gasteiger partial charge on any atom is 0.258 e. The summed E-state index contributed by atoms with van der Waals surface area (Å²) in [7, 11) is 0. The lowest BCUT2D eigenvalue weighted by Crippen LogP contribution is -2.27. The van der Waals surface area contributed by atoms with Gasteiger partial charge in [0, 0.05) is 10.0 Å². The van der Waals surface area contributed by atoms with Crippen LogP contribution in [0.4, 0.5) is 0 Å². The summed E-state index contributed by atoms with van der Waals surface area (Å²) in [5.74, 6) is 1.05. The lowest BCUT2D eigenvalue weighted by molar-refractivity contribution is 0.303. The summed E-state index contributed by atoms with van der Waals surface area (Å²) in [4.78, 5) is 4.43. The monoisotopic (exact) mass is 323 g/mol. The van der Waals surface area contributed by atoms with Gasteiger partial charge in [0.25, 0.3) is 5.89 Å². The Morgan fingerprint density at radius 3 is 2.63 bits per heavy atom. The van der Waals surface area contributed by atoms with E-state index < -0.39 is 0 Å². The highest BCUT2D eigenvalue weighted by molar-refractivity contribution is 9.10. The summed E-state index contributed by atoms with van der Waals surface area (Å²) < 4.78 is 6.32. The number of rotatable bonds is 2. The average molecular weight is 324 g/mol. The van der Waals surface area contributed by atoms with Gasteiger partial charge in [0.1, 0.15) is 0 Å². The zero-order valence-electron chi connectivity index (χ0n) is 11.6. The Labute approximate surface area is 121 Å². The van der Waals surface area contributed by atoms with Gasteiger partial charge in [-0.2, -0.15) is 4.98 Å². The predicted molar refractivity (Wildman–Crippen MR) is 78.6 cm³/mol. The Morgan fingerprint density at radius 2 is 2.00 bits per heavy atom. The summed E-state index contributed by atoms with van der Waals surface area (Å²) in [5.41, 5.74) is 8.04. The summed E-state index contributed by atoms with van der Waals surface area (Å²) in [6.45, 7) is 8.17. The average Bonchev–Trinajstić information content (AvgIpc) is 2.79. The van der Waals surface area contributed by atoms with Gasteiger partial charge < -0.3 is 10.3 Å². The van der Waals surface area contributed by atoms with Gasteiger partial charge in [0.15, 0.2) is 5.82 Å². The topological polar surface area (TPSA) is 64.9 Å². The van der Waals surface area contributed by atoms with E-state index in [4.69, 9.17) is 10.3 Å². The van der Waals surface area contributed by atoms with Crippen molar-refractivity contribution in [1.29, 1.82) is 0 Å². The van der Waals surface area contributed by atoms with Crippen molar-refractivity contribution in [1.82, 2.24) is 10.1 Å². The molecule has 2 aromatic rings. The minimum Gasteiger partial charge on any atom is -0.334 e. The molecular formula is C14H18BrN3O. The van der Waals surface area contributed by atoms with Gasteiger partial charge in [-0.1, -0.05) is 47.9 Å². The second-order valence-corrected chi connectivity index (χ2v) is 6.68. The molecule has 0 saturated carbocycles. The minimum atomic E-state index is -0.252. The van der Waals surface area contributed by atoms with Crippen molar-refractivity contribution in [3.63, 3.8) is 0 Å². The third-order valence-corrected chi connectivity index (χ3v) is 3.58. The van der Waals surface area contributed by atoms with Crippen molar-refractivity contribution in [3.8, 4) is 11.5 Å². The van der Waals surface area contributed by atoms with Gasteiger partial charge in [0.2, 0.25) is 0 Å². The van der Waals surface area contributed by atoms with Gasteiger partial charge in [-0.15, -0.1) is 0 Å². The van der Waals surface area contributed by atoms with Gasteiger partial charge in [0.05, 0.1) is 6.04 Å². The van der Waals surface area contributed by atoms with Gasteiger partial charge in [-0.3, -0.25) is 0 Å². The third-order valence-electron chi connectivity index (χ3n) is 3.08. The van der Waals surface area contributed by atoms with Crippen molar-refractivity contribution < 1.29 is 4.52 Å². The molecule has 1 aromatic heterocycles. The highest BCUT2D eigenvalue weighted by Crippen LogP contribution is 2.31. The SMILES string of the molecule is Cc1ccc(Br)cc1-c1nc(C(N)C(C)(C)C)no1. The van der Waals surface area contributed by atoms with E-state index in [1.54, 1.807) is 0 Å². The summed E-state index contributed by atoms with van der Waals surface area (Å²) in [6.07, 6.45) is 0. The van der Waals surface area contributed by atoms with Crippen LogP contribution >= 0.6 is 15.9 Å². The molecule has 0 aliphatic rings. The van der Waals surface area contributed by atoms with E-state index in [1.807, 2.05) is 25.1 Å². The fourth-order valence-corrected chi connectivity index (χ4v) is 2.04. The van der Waals surface area contributed by atoms with E-state index in [0.29, 0.717) is 11.7 Å². The van der Waals surface area contributed by atoms with E-state index in [2.05, 4.69) is 46.8 Å². The molecule has 0 aliphatic heterocycles. The van der Waals surface area contributed by atoms with Crippen LogP contribution in [0.2, 0.25) is 0 Å². The number of hydrogen-bond donors (Lipinski definition) is 1. The van der Waals surface area contributed by atoms with E-state index in [-0.39, 0.29) is 11.5 Å². The maximum absolute atomic E-state index is 6.14. The van der Waals surface area contributed by atoms with Crippen LogP contribution in [0.3, 0.4) is 0 Å². The number of benzene rings is 1. The third kappa shape index (κ3) is 3.04. The van der Waals surface area contributed by atoms with Crippen molar-refractivity contribution >= 4 is 15.9 Å². The summed E-state index contributed by atoms with van der Waals surface area (Å²) in [6, 6.07) is 5.71. The molecule has 0 bridgehead atoms. The molecule has 4 nitrogen and oxygen atoms in total. The van der Waals surface area contributed by atoms with Crippen LogP contribution in [0.1, 0.15) is 38.2 Å². The molecule has 5 heteroatoms. The van der Waals surface area contributed by atoms with Crippen LogP contribution in [0.5, 0.6) is 0 Å². The molecule has 0 aliphatic carbocycles. The Balaban J connectivity index is 2.39. The first kappa shape index (κ1) is 14.2. The number of nitrogens with zero attached hydrogens (tertiary/aromatic N) is 2. The van der Waals surface area contributed by atoms with Crippen LogP contribution in [-0.4, -0.2) is 10.1 Å². The quantitative estimate of drug-likeness (QED) is 0.911. The number of nitrogens with two attached hydrogens (primary N) is 1. The fourth-order valence-electron chi connectivity index (χ4n) is 1.68. The first-order chi connectivity index (χ1) is 8.79. The zero-order valence-corrected chi connectivity index (χ0v) is 13.2. The summed E-state index contributed by atoms with van der Waals surface area (Å²) >= 11 is 3.45. The smallest absolute Gasteiger partial charge is 0.258 e. The molecule has 0 amide bonds.